The first-order valence-corrected chi connectivity index (χ1v) is 20.3. The van der Waals surface area contributed by atoms with Crippen LogP contribution in [0.25, 0.3) is 0 Å². The number of alkyl halides is 5. The molecule has 16 nitrogen and oxygen atoms in total. The first-order valence-electron chi connectivity index (χ1n) is 12.6. The summed E-state index contributed by atoms with van der Waals surface area (Å²) in [6.45, 7) is -0.202. The van der Waals surface area contributed by atoms with E-state index in [-0.39, 0.29) is 29.8 Å². The lowest BCUT2D eigenvalue weighted by atomic mass is 10.2. The normalized spacial score (nSPS) is 23.4. The maximum Gasteiger partial charge on any atom is 0.479 e. The van der Waals surface area contributed by atoms with Gasteiger partial charge in [-0.25, -0.2) is 18.8 Å². The Kier molecular flexibility index (Phi) is 13.7. The van der Waals surface area contributed by atoms with Crippen molar-refractivity contribution in [2.75, 3.05) is 67.3 Å². The van der Waals surface area contributed by atoms with Gasteiger partial charge in [0, 0.05) is 38.7 Å². The van der Waals surface area contributed by atoms with Gasteiger partial charge in [0.2, 0.25) is 0 Å². The predicted molar refractivity (Wildman–Crippen MR) is 163 cm³/mol. The molecule has 3 rings (SSSR count). The summed E-state index contributed by atoms with van der Waals surface area (Å²) >= 11 is 13.8. The molecule has 0 bridgehead atoms. The van der Waals surface area contributed by atoms with Crippen molar-refractivity contribution < 1.29 is 64.4 Å². The van der Waals surface area contributed by atoms with Crippen molar-refractivity contribution in [1.29, 1.82) is 0 Å². The van der Waals surface area contributed by atoms with Crippen LogP contribution in [0.3, 0.4) is 0 Å². The van der Waals surface area contributed by atoms with Gasteiger partial charge in [-0.1, -0.05) is 35.0 Å². The maximum absolute atomic E-state index is 12.7. The van der Waals surface area contributed by atoms with Crippen molar-refractivity contribution in [3.8, 4) is 0 Å². The molecule has 1 aromatic rings. The molecule has 5 N–H and O–H groups in total. The van der Waals surface area contributed by atoms with Crippen LogP contribution in [0.15, 0.2) is 5.16 Å². The summed E-state index contributed by atoms with van der Waals surface area (Å²) in [6.07, 6.45) is -7.06. The number of fused-ring (bicyclic) bond motifs is 1. The number of hydrogen-bond acceptors (Lipinski definition) is 16. The molecule has 2 aliphatic rings. The zero-order valence-corrected chi connectivity index (χ0v) is 29.5. The summed E-state index contributed by atoms with van der Waals surface area (Å²) in [4.78, 5) is 30.5. The number of nitrogens with one attached hydrogen (secondary N) is 2. The van der Waals surface area contributed by atoms with E-state index in [1.807, 2.05) is 6.26 Å². The third kappa shape index (κ3) is 9.76. The fourth-order valence-corrected chi connectivity index (χ4v) is 11.1. The Hall–Kier alpha value is -0.0800. The highest BCUT2D eigenvalue weighted by Crippen LogP contribution is 2.82. The van der Waals surface area contributed by atoms with E-state index in [0.717, 1.165) is 26.0 Å². The van der Waals surface area contributed by atoms with Gasteiger partial charge in [-0.2, -0.15) is 24.9 Å². The van der Waals surface area contributed by atoms with Gasteiger partial charge in [0.1, 0.15) is 11.8 Å². The Morgan fingerprint density at radius 2 is 1.84 bits per heavy atom. The number of thioether (sulfide) groups is 2. The van der Waals surface area contributed by atoms with E-state index in [1.54, 1.807) is 11.8 Å². The number of halogens is 5. The molecule has 2 unspecified atom stereocenters. The molecular weight excluding hydrogens is 759 g/mol. The van der Waals surface area contributed by atoms with Crippen LogP contribution in [-0.2, 0) is 36.3 Å². The lowest BCUT2D eigenvalue weighted by Gasteiger charge is -2.30. The molecule has 3 heterocycles. The summed E-state index contributed by atoms with van der Waals surface area (Å²) in [6, 6.07) is 0. The van der Waals surface area contributed by atoms with Crippen molar-refractivity contribution in [3.63, 3.8) is 0 Å². The van der Waals surface area contributed by atoms with Gasteiger partial charge >= 0.3 is 33.0 Å². The van der Waals surface area contributed by atoms with Crippen LogP contribution in [0.2, 0.25) is 0 Å². The van der Waals surface area contributed by atoms with E-state index in [1.165, 1.54) is 4.90 Å². The van der Waals surface area contributed by atoms with Gasteiger partial charge in [-0.3, -0.25) is 13.7 Å². The molecule has 0 spiro atoms. The number of aliphatic hydroxyl groups excluding tert-OH is 1. The van der Waals surface area contributed by atoms with Gasteiger partial charge in [0.25, 0.3) is 0 Å². The molecule has 1 saturated heterocycles. The third-order valence-corrected chi connectivity index (χ3v) is 16.0. The molecule has 260 valence electrons. The third-order valence-electron chi connectivity index (χ3n) is 6.04. The monoisotopic (exact) mass is 789 g/mol. The highest BCUT2D eigenvalue weighted by molar-refractivity contribution is 7.99. The van der Waals surface area contributed by atoms with Gasteiger partial charge in [0.05, 0.1) is 25.8 Å². The average Bonchev–Trinajstić information content (AvgIpc) is 3.53. The molecular formula is C19H31Cl2F3N5O11P3S2. The van der Waals surface area contributed by atoms with Crippen molar-refractivity contribution >= 4 is 87.1 Å². The molecule has 2 aliphatic heterocycles. The molecule has 45 heavy (non-hydrogen) atoms. The largest absolute Gasteiger partial charge is 0.479 e. The Morgan fingerprint density at radius 1 is 1.18 bits per heavy atom. The summed E-state index contributed by atoms with van der Waals surface area (Å²) < 4.78 is 96.3. The topological polar surface area (TPSA) is 211 Å². The van der Waals surface area contributed by atoms with E-state index in [0.29, 0.717) is 23.8 Å². The molecule has 0 amide bonds. The van der Waals surface area contributed by atoms with Crippen LogP contribution in [0.5, 0.6) is 0 Å². The predicted octanol–water partition coefficient (Wildman–Crippen LogP) is 4.86. The second-order valence-electron chi connectivity index (χ2n) is 9.18. The van der Waals surface area contributed by atoms with Crippen molar-refractivity contribution in [2.24, 2.45) is 0 Å². The Balaban J connectivity index is 1.72. The fraction of sp³-hybridized carbons (Fsp3) is 0.789. The average molecular weight is 790 g/mol. The van der Waals surface area contributed by atoms with Crippen LogP contribution < -0.4 is 15.5 Å². The number of hydrogen-bond donors (Lipinski definition) is 5. The Bertz CT molecular complexity index is 1340. The molecule has 0 aromatic carbocycles. The first-order chi connectivity index (χ1) is 20.8. The van der Waals surface area contributed by atoms with Crippen LogP contribution in [0.1, 0.15) is 12.8 Å². The zero-order valence-electron chi connectivity index (χ0n) is 23.7. The van der Waals surface area contributed by atoms with Crippen LogP contribution in [0, 0.1) is 0 Å². The molecule has 0 saturated carbocycles. The number of phosphoric acid groups is 1. The second-order valence-corrected chi connectivity index (χ2v) is 19.9. The summed E-state index contributed by atoms with van der Waals surface area (Å²) in [7, 11) is -14.2. The molecule has 5 atom stereocenters. The van der Waals surface area contributed by atoms with Crippen molar-refractivity contribution in [1.82, 2.24) is 9.97 Å². The standard InChI is InChI=1S/C19H31Cl2F3N5O11P3S2/c1-36-42(33,37-2)19(20,21)41(31,32)40-43(34,35)38-9-11-8-12(30)16(39-11)29-10-26-13-14(25-5-7-44-3)27-17(28-15(13)29)45-6-4-18(22,23)24/h11-12,16,26,30H,4-10H2,1-3H3,(H,31,32)(H,34,35)(H,25,27,28)/t11-,12+,16+/m0/s1. The molecule has 26 heteroatoms. The number of rotatable bonds is 17. The van der Waals surface area contributed by atoms with E-state index in [4.69, 9.17) is 32.5 Å². The van der Waals surface area contributed by atoms with Gasteiger partial charge in [-0.05, 0) is 6.26 Å². The number of nitrogens with zero attached hydrogens (tertiary/aromatic N) is 3. The SMILES string of the molecule is COP(=O)(OC)C(Cl)(Cl)P(=O)(O)OP(=O)(O)OC[C@@H]1C[C@@H](O)[C@H](N2CNc3c(NCCSC)nc(SCCC(F)(F)F)nc32)O1. The fourth-order valence-electron chi connectivity index (χ4n) is 3.93. The van der Waals surface area contributed by atoms with Crippen LogP contribution >= 0.6 is 69.7 Å². The maximum atomic E-state index is 12.7. The summed E-state index contributed by atoms with van der Waals surface area (Å²) in [5, 5.41) is 17.0. The Labute approximate surface area is 274 Å². The minimum Gasteiger partial charge on any atom is -0.388 e. The quantitative estimate of drug-likeness (QED) is 0.0469. The number of ether oxygens (including phenoxy) is 1. The highest BCUT2D eigenvalue weighted by atomic mass is 35.5. The van der Waals surface area contributed by atoms with Crippen molar-refractivity contribution in [2.45, 2.75) is 46.4 Å². The number of aromatic nitrogens is 2. The van der Waals surface area contributed by atoms with Gasteiger partial charge in [-0.15, -0.1) is 0 Å². The minimum atomic E-state index is -5.66. The summed E-state index contributed by atoms with van der Waals surface area (Å²) in [5.74, 6) is 0.959. The van der Waals surface area contributed by atoms with E-state index < -0.39 is 64.5 Å². The number of anilines is 3. The first kappa shape index (κ1) is 39.4. The summed E-state index contributed by atoms with van der Waals surface area (Å²) in [5.41, 5.74) is 0.425. The smallest absolute Gasteiger partial charge is 0.388 e. The number of aliphatic hydroxyl groups is 1. The van der Waals surface area contributed by atoms with E-state index in [2.05, 4.69) is 34.0 Å². The van der Waals surface area contributed by atoms with Crippen LogP contribution in [0.4, 0.5) is 30.5 Å². The molecule has 0 radical (unpaired) electrons. The molecule has 1 fully saturated rings. The molecule has 0 aliphatic carbocycles. The molecule has 1 aromatic heterocycles. The lowest BCUT2D eigenvalue weighted by molar-refractivity contribution is -0.129. The number of phosphoric ester groups is 1. The van der Waals surface area contributed by atoms with E-state index in [9.17, 15) is 41.8 Å². The van der Waals surface area contributed by atoms with Gasteiger partial charge in [0.15, 0.2) is 23.0 Å². The van der Waals surface area contributed by atoms with Crippen LogP contribution in [-0.4, -0.2) is 105 Å². The van der Waals surface area contributed by atoms with Crippen molar-refractivity contribution in [3.05, 3.63) is 0 Å². The zero-order chi connectivity index (χ0) is 33.8. The van der Waals surface area contributed by atoms with Gasteiger partial charge < -0.3 is 44.2 Å². The lowest BCUT2D eigenvalue weighted by Crippen LogP contribution is -2.42. The highest BCUT2D eigenvalue weighted by Gasteiger charge is 2.64. The van der Waals surface area contributed by atoms with E-state index >= 15 is 0 Å². The Morgan fingerprint density at radius 3 is 2.44 bits per heavy atom. The second kappa shape index (κ2) is 15.6. The minimum absolute atomic E-state index is 0.0507.